The van der Waals surface area contributed by atoms with E-state index < -0.39 is 0 Å². The van der Waals surface area contributed by atoms with Crippen molar-refractivity contribution in [3.8, 4) is 0 Å². The quantitative estimate of drug-likeness (QED) is 0.645. The van der Waals surface area contributed by atoms with Crippen LogP contribution in [0.1, 0.15) is 10.4 Å². The highest BCUT2D eigenvalue weighted by atomic mass is 32.1. The highest BCUT2D eigenvalue weighted by molar-refractivity contribution is 7.16. The fraction of sp³-hybridized carbons (Fsp3) is 0. The largest absolute Gasteiger partial charge is 0.298 e. The molecule has 1 aromatic carbocycles. The predicted octanol–water partition coefficient (Wildman–Crippen LogP) is 2.07. The first-order valence-electron chi connectivity index (χ1n) is 3.79. The van der Waals surface area contributed by atoms with Gasteiger partial charge < -0.3 is 0 Å². The van der Waals surface area contributed by atoms with Crippen LogP contribution < -0.4 is 4.74 Å². The van der Waals surface area contributed by atoms with E-state index >= 15 is 0 Å². The van der Waals surface area contributed by atoms with Gasteiger partial charge >= 0.3 is 0 Å². The van der Waals surface area contributed by atoms with Gasteiger partial charge in [-0.05, 0) is 6.07 Å². The summed E-state index contributed by atoms with van der Waals surface area (Å²) in [4.78, 5) is 21.8. The van der Waals surface area contributed by atoms with Crippen LogP contribution >= 0.6 is 11.3 Å². The average Bonchev–Trinajstić information content (AvgIpc) is 2.16. The van der Waals surface area contributed by atoms with Crippen molar-refractivity contribution in [1.82, 2.24) is 0 Å². The van der Waals surface area contributed by atoms with Crippen LogP contribution in [0, 0.1) is 0 Å². The van der Waals surface area contributed by atoms with E-state index in [0.29, 0.717) is 5.56 Å². The van der Waals surface area contributed by atoms with Crippen molar-refractivity contribution in [3.63, 3.8) is 0 Å². The van der Waals surface area contributed by atoms with Crippen molar-refractivity contribution in [2.24, 2.45) is 0 Å². The van der Waals surface area contributed by atoms with Gasteiger partial charge in [-0.3, -0.25) is 9.59 Å². The van der Waals surface area contributed by atoms with E-state index in [1.807, 2.05) is 24.3 Å². The molecule has 64 valence electrons. The molecular weight excluding hydrogens is 184 g/mol. The minimum absolute atomic E-state index is 0.0826. The van der Waals surface area contributed by atoms with Gasteiger partial charge in [0.15, 0.2) is 6.29 Å². The topological polar surface area (TPSA) is 34.1 Å². The number of carbonyl (C=O) groups excluding carboxylic acids is 1. The fourth-order valence-electron chi connectivity index (χ4n) is 1.23. The zero-order chi connectivity index (χ0) is 9.26. The summed E-state index contributed by atoms with van der Waals surface area (Å²) < 4.78 is 0.776. The fourth-order valence-corrected chi connectivity index (χ4v) is 2.08. The Balaban J connectivity index is 2.97. The van der Waals surface area contributed by atoms with Crippen LogP contribution in [0.25, 0.3) is 10.1 Å². The Morgan fingerprint density at radius 1 is 1.23 bits per heavy atom. The maximum Gasteiger partial charge on any atom is 0.233 e. The van der Waals surface area contributed by atoms with Gasteiger partial charge in [0, 0.05) is 21.7 Å². The van der Waals surface area contributed by atoms with Crippen molar-refractivity contribution >= 4 is 27.7 Å². The average molecular weight is 190 g/mol. The van der Waals surface area contributed by atoms with Gasteiger partial charge in [-0.15, -0.1) is 0 Å². The molecule has 13 heavy (non-hydrogen) atoms. The Bertz CT molecular complexity index is 514. The normalized spacial score (nSPS) is 10.2. The Morgan fingerprint density at radius 2 is 2.00 bits per heavy atom. The number of benzene rings is 1. The van der Waals surface area contributed by atoms with Crippen LogP contribution in [0.15, 0.2) is 35.1 Å². The van der Waals surface area contributed by atoms with Crippen LogP contribution in [0.2, 0.25) is 0 Å². The van der Waals surface area contributed by atoms with Crippen LogP contribution in [0.5, 0.6) is 0 Å². The maximum atomic E-state index is 11.1. The second kappa shape index (κ2) is 3.11. The summed E-state index contributed by atoms with van der Waals surface area (Å²) in [5.41, 5.74) is 0.472. The lowest BCUT2D eigenvalue weighted by Gasteiger charge is -1.96. The summed E-state index contributed by atoms with van der Waals surface area (Å²) in [7, 11) is 0. The molecule has 0 amide bonds. The maximum absolute atomic E-state index is 11.1. The molecule has 0 aliphatic carbocycles. The zero-order valence-electron chi connectivity index (χ0n) is 6.69. The van der Waals surface area contributed by atoms with Crippen molar-refractivity contribution in [2.45, 2.75) is 0 Å². The number of carbonyl (C=O) groups is 1. The van der Waals surface area contributed by atoms with Gasteiger partial charge in [0.25, 0.3) is 0 Å². The van der Waals surface area contributed by atoms with Crippen LogP contribution in [-0.2, 0) is 0 Å². The first-order chi connectivity index (χ1) is 6.31. The van der Waals surface area contributed by atoms with E-state index in [0.717, 1.165) is 27.7 Å². The third kappa shape index (κ3) is 1.38. The SMILES string of the molecule is O=Cc1cc(=O)sc2ccccc12. The van der Waals surface area contributed by atoms with E-state index in [1.165, 1.54) is 6.07 Å². The molecule has 2 rings (SSSR count). The Labute approximate surface area is 78.5 Å². The molecule has 0 aliphatic heterocycles. The van der Waals surface area contributed by atoms with Crippen molar-refractivity contribution in [1.29, 1.82) is 0 Å². The number of hydrogen-bond donors (Lipinski definition) is 0. The summed E-state index contributed by atoms with van der Waals surface area (Å²) in [5.74, 6) is 0. The van der Waals surface area contributed by atoms with E-state index in [2.05, 4.69) is 0 Å². The van der Waals surface area contributed by atoms with Crippen LogP contribution in [0.3, 0.4) is 0 Å². The first-order valence-corrected chi connectivity index (χ1v) is 4.61. The molecule has 0 saturated heterocycles. The van der Waals surface area contributed by atoms with Crippen LogP contribution in [-0.4, -0.2) is 6.29 Å². The van der Waals surface area contributed by atoms with Crippen molar-refractivity contribution in [3.05, 3.63) is 45.4 Å². The number of rotatable bonds is 1. The lowest BCUT2D eigenvalue weighted by Crippen LogP contribution is -1.95. The molecule has 0 bridgehead atoms. The second-order valence-corrected chi connectivity index (χ2v) is 3.68. The standard InChI is InChI=1S/C10H6O2S/c11-6-7-5-10(12)13-9-4-2-1-3-8(7)9/h1-6H. The number of aldehydes is 1. The Morgan fingerprint density at radius 3 is 2.77 bits per heavy atom. The third-order valence-electron chi connectivity index (χ3n) is 1.81. The molecule has 1 heterocycles. The second-order valence-electron chi connectivity index (χ2n) is 2.63. The highest BCUT2D eigenvalue weighted by Gasteiger charge is 2.00. The summed E-state index contributed by atoms with van der Waals surface area (Å²) >= 11 is 1.16. The monoisotopic (exact) mass is 190 g/mol. The number of fused-ring (bicyclic) bond motifs is 1. The summed E-state index contributed by atoms with van der Waals surface area (Å²) in [6.07, 6.45) is 0.719. The van der Waals surface area contributed by atoms with Gasteiger partial charge in [0.1, 0.15) is 0 Å². The van der Waals surface area contributed by atoms with Gasteiger partial charge in [-0.2, -0.15) is 0 Å². The molecule has 1 aromatic heterocycles. The molecular formula is C10H6O2S. The van der Waals surface area contributed by atoms with Gasteiger partial charge in [-0.1, -0.05) is 29.5 Å². The van der Waals surface area contributed by atoms with Gasteiger partial charge in [0.05, 0.1) is 0 Å². The molecule has 0 fully saturated rings. The van der Waals surface area contributed by atoms with E-state index in [-0.39, 0.29) is 4.74 Å². The molecule has 0 unspecified atom stereocenters. The third-order valence-corrected chi connectivity index (χ3v) is 2.70. The van der Waals surface area contributed by atoms with Crippen molar-refractivity contribution in [2.75, 3.05) is 0 Å². The van der Waals surface area contributed by atoms with E-state index in [4.69, 9.17) is 0 Å². The molecule has 0 spiro atoms. The summed E-state index contributed by atoms with van der Waals surface area (Å²) in [6.45, 7) is 0. The molecule has 0 radical (unpaired) electrons. The molecule has 0 aliphatic rings. The molecule has 0 saturated carbocycles. The minimum atomic E-state index is -0.0826. The molecule has 0 N–H and O–H groups in total. The number of hydrogen-bond acceptors (Lipinski definition) is 3. The first kappa shape index (κ1) is 8.13. The van der Waals surface area contributed by atoms with E-state index in [9.17, 15) is 9.59 Å². The molecule has 2 aromatic rings. The minimum Gasteiger partial charge on any atom is -0.298 e. The van der Waals surface area contributed by atoms with Gasteiger partial charge in [-0.25, -0.2) is 0 Å². The Hall–Kier alpha value is -1.48. The van der Waals surface area contributed by atoms with Gasteiger partial charge in [0.2, 0.25) is 4.74 Å². The summed E-state index contributed by atoms with van der Waals surface area (Å²) in [6, 6.07) is 8.77. The zero-order valence-corrected chi connectivity index (χ0v) is 7.51. The molecule has 0 atom stereocenters. The Kier molecular flexibility index (Phi) is 1.94. The van der Waals surface area contributed by atoms with Crippen LogP contribution in [0.4, 0.5) is 0 Å². The lowest BCUT2D eigenvalue weighted by atomic mass is 10.2. The highest BCUT2D eigenvalue weighted by Crippen LogP contribution is 2.17. The lowest BCUT2D eigenvalue weighted by molar-refractivity contribution is 0.112. The molecule has 3 heteroatoms. The van der Waals surface area contributed by atoms with Crippen molar-refractivity contribution < 1.29 is 4.79 Å². The molecule has 2 nitrogen and oxygen atoms in total. The summed E-state index contributed by atoms with van der Waals surface area (Å²) in [5, 5.41) is 0.849. The van der Waals surface area contributed by atoms with E-state index in [1.54, 1.807) is 0 Å². The predicted molar refractivity (Wildman–Crippen MR) is 53.5 cm³/mol. The smallest absolute Gasteiger partial charge is 0.233 e.